The van der Waals surface area contributed by atoms with Gasteiger partial charge in [-0.1, -0.05) is 19.1 Å². The van der Waals surface area contributed by atoms with Crippen LogP contribution in [0.5, 0.6) is 5.75 Å². The summed E-state index contributed by atoms with van der Waals surface area (Å²) in [6, 6.07) is 4.99. The predicted molar refractivity (Wildman–Crippen MR) is 55.4 cm³/mol. The zero-order valence-corrected chi connectivity index (χ0v) is 8.83. The molecule has 1 aromatic rings. The molecule has 0 aromatic heterocycles. The molecule has 12 heavy (non-hydrogen) atoms. The molecule has 0 unspecified atom stereocenters. The molecule has 0 fully saturated rings. The van der Waals surface area contributed by atoms with Gasteiger partial charge < -0.3 is 5.11 Å². The molecule has 0 bridgehead atoms. The third-order valence-corrected chi connectivity index (χ3v) is 2.73. The van der Waals surface area contributed by atoms with Crippen molar-refractivity contribution in [3.63, 3.8) is 0 Å². The second-order valence-electron chi connectivity index (χ2n) is 2.42. The number of hydrogen-bond acceptors (Lipinski definition) is 2. The Labute approximate surface area is 84.7 Å². The zero-order valence-electron chi connectivity index (χ0n) is 6.67. The number of rotatable bonds is 2. The summed E-state index contributed by atoms with van der Waals surface area (Å²) in [5.74, 6) is 0.241. The van der Waals surface area contributed by atoms with Gasteiger partial charge in [-0.3, -0.25) is 4.79 Å². The van der Waals surface area contributed by atoms with Gasteiger partial charge in [0.05, 0.1) is 3.57 Å². The van der Waals surface area contributed by atoms with Crippen LogP contribution in [-0.2, 0) is 0 Å². The van der Waals surface area contributed by atoms with Crippen molar-refractivity contribution < 1.29 is 9.90 Å². The first kappa shape index (κ1) is 9.51. The van der Waals surface area contributed by atoms with Gasteiger partial charge in [-0.05, 0) is 28.7 Å². The standard InChI is InChI=1S/C9H9IO2/c1-2-7(11)6-4-3-5-8(12)9(6)10/h3-5,12H,2H2,1H3. The van der Waals surface area contributed by atoms with E-state index in [1.807, 2.05) is 29.5 Å². The maximum atomic E-state index is 11.3. The SMILES string of the molecule is CCC(=O)c1cccc(O)c1I. The number of phenolic OH excluding ortho intramolecular Hbond substituents is 1. The molecule has 0 saturated carbocycles. The van der Waals surface area contributed by atoms with Gasteiger partial charge in [0.25, 0.3) is 0 Å². The normalized spacial score (nSPS) is 9.83. The van der Waals surface area contributed by atoms with Gasteiger partial charge in [0.15, 0.2) is 5.78 Å². The van der Waals surface area contributed by atoms with E-state index in [2.05, 4.69) is 0 Å². The fourth-order valence-electron chi connectivity index (χ4n) is 0.926. The van der Waals surface area contributed by atoms with Crippen LogP contribution in [0.2, 0.25) is 0 Å². The maximum Gasteiger partial charge on any atom is 0.163 e. The summed E-state index contributed by atoms with van der Waals surface area (Å²) in [6.45, 7) is 1.81. The van der Waals surface area contributed by atoms with E-state index < -0.39 is 0 Å². The van der Waals surface area contributed by atoms with Gasteiger partial charge in [0, 0.05) is 12.0 Å². The number of phenols is 1. The van der Waals surface area contributed by atoms with Crippen LogP contribution < -0.4 is 0 Å². The summed E-state index contributed by atoms with van der Waals surface area (Å²) in [5.41, 5.74) is 0.609. The van der Waals surface area contributed by atoms with Crippen molar-refractivity contribution in [1.82, 2.24) is 0 Å². The smallest absolute Gasteiger partial charge is 0.163 e. The third-order valence-electron chi connectivity index (χ3n) is 1.60. The van der Waals surface area contributed by atoms with Gasteiger partial charge in [-0.2, -0.15) is 0 Å². The number of benzene rings is 1. The Kier molecular flexibility index (Phi) is 3.08. The van der Waals surface area contributed by atoms with Crippen LogP contribution in [0.4, 0.5) is 0 Å². The van der Waals surface area contributed by atoms with Gasteiger partial charge in [-0.25, -0.2) is 0 Å². The number of carbonyl (C=O) groups is 1. The van der Waals surface area contributed by atoms with Crippen molar-refractivity contribution in [1.29, 1.82) is 0 Å². The van der Waals surface area contributed by atoms with Gasteiger partial charge in [0.1, 0.15) is 5.75 Å². The minimum absolute atomic E-state index is 0.0651. The number of Topliss-reactive ketones (excluding diaryl/α,β-unsaturated/α-hetero) is 1. The lowest BCUT2D eigenvalue weighted by atomic mass is 10.1. The van der Waals surface area contributed by atoms with E-state index in [0.717, 1.165) is 0 Å². The molecular weight excluding hydrogens is 267 g/mol. The van der Waals surface area contributed by atoms with E-state index in [1.54, 1.807) is 18.2 Å². The Morgan fingerprint density at radius 2 is 2.25 bits per heavy atom. The molecule has 3 heteroatoms. The molecule has 0 radical (unpaired) electrons. The minimum Gasteiger partial charge on any atom is -0.507 e. The maximum absolute atomic E-state index is 11.3. The molecule has 0 saturated heterocycles. The monoisotopic (exact) mass is 276 g/mol. The molecule has 1 N–H and O–H groups in total. The van der Waals surface area contributed by atoms with Crippen molar-refractivity contribution in [2.45, 2.75) is 13.3 Å². The molecule has 0 amide bonds. The number of halogens is 1. The minimum atomic E-state index is 0.0651. The Balaban J connectivity index is 3.16. The lowest BCUT2D eigenvalue weighted by Gasteiger charge is -2.02. The molecule has 0 heterocycles. The summed E-state index contributed by atoms with van der Waals surface area (Å²) < 4.78 is 0.641. The molecule has 64 valence electrons. The lowest BCUT2D eigenvalue weighted by molar-refractivity contribution is 0.0987. The van der Waals surface area contributed by atoms with Gasteiger partial charge in [0.2, 0.25) is 0 Å². The quantitative estimate of drug-likeness (QED) is 0.666. The summed E-state index contributed by atoms with van der Waals surface area (Å²) in [6.07, 6.45) is 0.472. The van der Waals surface area contributed by atoms with E-state index in [0.29, 0.717) is 15.6 Å². The summed E-state index contributed by atoms with van der Waals surface area (Å²) >= 11 is 1.97. The van der Waals surface area contributed by atoms with Crippen LogP contribution in [0.1, 0.15) is 23.7 Å². The zero-order chi connectivity index (χ0) is 9.14. The van der Waals surface area contributed by atoms with E-state index >= 15 is 0 Å². The van der Waals surface area contributed by atoms with Crippen molar-refractivity contribution >= 4 is 28.4 Å². The fourth-order valence-corrected chi connectivity index (χ4v) is 1.59. The van der Waals surface area contributed by atoms with Crippen molar-refractivity contribution in [2.75, 3.05) is 0 Å². The number of hydrogen-bond donors (Lipinski definition) is 1. The molecule has 1 rings (SSSR count). The van der Waals surface area contributed by atoms with E-state index in [9.17, 15) is 9.90 Å². The topological polar surface area (TPSA) is 37.3 Å². The van der Waals surface area contributed by atoms with Crippen LogP contribution in [0, 0.1) is 3.57 Å². The van der Waals surface area contributed by atoms with Crippen LogP contribution in [-0.4, -0.2) is 10.9 Å². The number of aromatic hydroxyl groups is 1. The van der Waals surface area contributed by atoms with E-state index in [-0.39, 0.29) is 11.5 Å². The second kappa shape index (κ2) is 3.89. The molecule has 2 nitrogen and oxygen atoms in total. The molecule has 1 aromatic carbocycles. The fraction of sp³-hybridized carbons (Fsp3) is 0.222. The average Bonchev–Trinajstić information content (AvgIpc) is 2.08. The number of ketones is 1. The van der Waals surface area contributed by atoms with Crippen molar-refractivity contribution in [3.05, 3.63) is 27.3 Å². The van der Waals surface area contributed by atoms with Gasteiger partial charge >= 0.3 is 0 Å². The molecular formula is C9H9IO2. The van der Waals surface area contributed by atoms with E-state index in [4.69, 9.17) is 0 Å². The highest BCUT2D eigenvalue weighted by Crippen LogP contribution is 2.23. The highest BCUT2D eigenvalue weighted by Gasteiger charge is 2.09. The predicted octanol–water partition coefficient (Wildman–Crippen LogP) is 2.59. The highest BCUT2D eigenvalue weighted by molar-refractivity contribution is 14.1. The Morgan fingerprint density at radius 3 is 2.83 bits per heavy atom. The Bertz CT molecular complexity index is 307. The van der Waals surface area contributed by atoms with Crippen LogP contribution in [0.15, 0.2) is 18.2 Å². The first-order chi connectivity index (χ1) is 5.66. The highest BCUT2D eigenvalue weighted by atomic mass is 127. The van der Waals surface area contributed by atoms with E-state index in [1.165, 1.54) is 0 Å². The first-order valence-electron chi connectivity index (χ1n) is 3.67. The van der Waals surface area contributed by atoms with Gasteiger partial charge in [-0.15, -0.1) is 0 Å². The Morgan fingerprint density at radius 1 is 1.58 bits per heavy atom. The molecule has 0 spiro atoms. The van der Waals surface area contributed by atoms with Crippen LogP contribution >= 0.6 is 22.6 Å². The van der Waals surface area contributed by atoms with Crippen LogP contribution in [0.3, 0.4) is 0 Å². The van der Waals surface area contributed by atoms with Crippen molar-refractivity contribution in [2.24, 2.45) is 0 Å². The average molecular weight is 276 g/mol. The second-order valence-corrected chi connectivity index (χ2v) is 3.49. The first-order valence-corrected chi connectivity index (χ1v) is 4.75. The van der Waals surface area contributed by atoms with Crippen LogP contribution in [0.25, 0.3) is 0 Å². The summed E-state index contributed by atoms with van der Waals surface area (Å²) in [5, 5.41) is 9.28. The summed E-state index contributed by atoms with van der Waals surface area (Å²) in [4.78, 5) is 11.3. The molecule has 0 atom stereocenters. The molecule has 0 aliphatic carbocycles. The lowest BCUT2D eigenvalue weighted by Crippen LogP contribution is -1.99. The van der Waals surface area contributed by atoms with Crippen molar-refractivity contribution in [3.8, 4) is 5.75 Å². The Hall–Kier alpha value is -0.580. The molecule has 0 aliphatic rings. The number of carbonyl (C=O) groups excluding carboxylic acids is 1. The third kappa shape index (κ3) is 1.77. The molecule has 0 aliphatic heterocycles. The largest absolute Gasteiger partial charge is 0.507 e. The summed E-state index contributed by atoms with van der Waals surface area (Å²) in [7, 11) is 0.